The van der Waals surface area contributed by atoms with E-state index in [1.165, 1.54) is 7.11 Å². The minimum atomic E-state index is -4.37. The van der Waals surface area contributed by atoms with Gasteiger partial charge in [0, 0.05) is 12.6 Å². The molecule has 0 bridgehead atoms. The van der Waals surface area contributed by atoms with E-state index in [0.29, 0.717) is 17.9 Å². The minimum absolute atomic E-state index is 0.110. The highest BCUT2D eigenvalue weighted by atomic mass is 32.2. The van der Waals surface area contributed by atoms with Crippen LogP contribution in [0.2, 0.25) is 0 Å². The Balaban J connectivity index is 2.27. The van der Waals surface area contributed by atoms with Gasteiger partial charge in [-0.25, -0.2) is 26.3 Å². The zero-order valence-electron chi connectivity index (χ0n) is 14.5. The van der Waals surface area contributed by atoms with Gasteiger partial charge >= 0.3 is 0 Å². The quantitative estimate of drug-likeness (QED) is 0.741. The summed E-state index contributed by atoms with van der Waals surface area (Å²) in [6.07, 6.45) is 0. The summed E-state index contributed by atoms with van der Waals surface area (Å²) in [5.41, 5.74) is 0.766. The van der Waals surface area contributed by atoms with Crippen LogP contribution in [0.4, 0.5) is 13.2 Å². The Morgan fingerprint density at radius 2 is 1.81 bits per heavy atom. The van der Waals surface area contributed by atoms with E-state index in [1.807, 2.05) is 0 Å². The first-order chi connectivity index (χ1) is 12.2. The number of rotatable bonds is 7. The average molecular weight is 388 g/mol. The van der Waals surface area contributed by atoms with Crippen molar-refractivity contribution in [1.29, 1.82) is 0 Å². The Kier molecular flexibility index (Phi) is 6.27. The van der Waals surface area contributed by atoms with Gasteiger partial charge in [-0.1, -0.05) is 12.1 Å². The van der Waals surface area contributed by atoms with Crippen molar-refractivity contribution in [3.8, 4) is 5.75 Å². The second-order valence-electron chi connectivity index (χ2n) is 5.78. The molecule has 0 aliphatic rings. The number of ether oxygens (including phenoxy) is 1. The number of hydrogen-bond acceptors (Lipinski definition) is 4. The van der Waals surface area contributed by atoms with Crippen LogP contribution in [0, 0.1) is 17.5 Å². The second kappa shape index (κ2) is 8.07. The Hall–Kier alpha value is -2.10. The summed E-state index contributed by atoms with van der Waals surface area (Å²) in [6, 6.07) is 7.90. The molecule has 1 N–H and O–H groups in total. The van der Waals surface area contributed by atoms with Crippen LogP contribution in [0.25, 0.3) is 0 Å². The summed E-state index contributed by atoms with van der Waals surface area (Å²) in [5, 5.41) is 0. The third-order valence-corrected chi connectivity index (χ3v) is 5.30. The molecule has 0 heterocycles. The Morgan fingerprint density at radius 1 is 1.12 bits per heavy atom. The van der Waals surface area contributed by atoms with Gasteiger partial charge in [0.25, 0.3) is 0 Å². The van der Waals surface area contributed by atoms with Gasteiger partial charge in [0.15, 0.2) is 17.5 Å². The molecule has 0 aliphatic carbocycles. The number of methoxy groups -OCH3 is 1. The molecule has 0 radical (unpaired) electrons. The molecule has 0 fully saturated rings. The fourth-order valence-corrected chi connectivity index (χ4v) is 3.54. The zero-order valence-corrected chi connectivity index (χ0v) is 15.3. The van der Waals surface area contributed by atoms with E-state index in [-0.39, 0.29) is 6.54 Å². The number of nitrogens with one attached hydrogen (secondary N) is 1. The maximum absolute atomic E-state index is 13.8. The van der Waals surface area contributed by atoms with Crippen molar-refractivity contribution in [3.05, 3.63) is 59.4 Å². The van der Waals surface area contributed by atoms with Crippen LogP contribution in [-0.4, -0.2) is 41.1 Å². The van der Waals surface area contributed by atoms with Crippen LogP contribution in [0.1, 0.15) is 11.6 Å². The van der Waals surface area contributed by atoms with Crippen molar-refractivity contribution in [2.45, 2.75) is 10.9 Å². The first-order valence-electron chi connectivity index (χ1n) is 7.61. The highest BCUT2D eigenvalue weighted by Crippen LogP contribution is 2.24. The molecular formula is C17H19F3N2O3S. The maximum Gasteiger partial charge on any atom is 0.243 e. The first-order valence-corrected chi connectivity index (χ1v) is 9.09. The van der Waals surface area contributed by atoms with Crippen LogP contribution < -0.4 is 9.46 Å². The maximum atomic E-state index is 13.8. The molecule has 9 heteroatoms. The topological polar surface area (TPSA) is 58.6 Å². The lowest BCUT2D eigenvalue weighted by Crippen LogP contribution is -2.35. The van der Waals surface area contributed by atoms with Gasteiger partial charge in [-0.2, -0.15) is 0 Å². The molecule has 0 amide bonds. The second-order valence-corrected chi connectivity index (χ2v) is 7.52. The standard InChI is InChI=1S/C17H19F3N2O3S/c1-22(2)14(11-5-4-6-12(9-11)25-3)10-21-26(23,24)15-8-7-13(18)16(19)17(15)20/h4-9,14,21H,10H2,1-3H3. The van der Waals surface area contributed by atoms with Crippen molar-refractivity contribution in [3.63, 3.8) is 0 Å². The number of nitrogens with zero attached hydrogens (tertiary/aromatic N) is 1. The summed E-state index contributed by atoms with van der Waals surface area (Å²) in [4.78, 5) is 0.818. The van der Waals surface area contributed by atoms with Crippen LogP contribution >= 0.6 is 0 Å². The minimum Gasteiger partial charge on any atom is -0.497 e. The van der Waals surface area contributed by atoms with Crippen LogP contribution in [-0.2, 0) is 10.0 Å². The molecule has 0 spiro atoms. The SMILES string of the molecule is COc1cccc(C(CNS(=O)(=O)c2ccc(F)c(F)c2F)N(C)C)c1. The summed E-state index contributed by atoms with van der Waals surface area (Å²) in [7, 11) is 0.633. The van der Waals surface area contributed by atoms with Gasteiger partial charge in [0.05, 0.1) is 7.11 Å². The van der Waals surface area contributed by atoms with Gasteiger partial charge < -0.3 is 9.64 Å². The van der Waals surface area contributed by atoms with E-state index in [1.54, 1.807) is 43.3 Å². The summed E-state index contributed by atoms with van der Waals surface area (Å²) >= 11 is 0. The van der Waals surface area contributed by atoms with E-state index in [9.17, 15) is 21.6 Å². The van der Waals surface area contributed by atoms with Gasteiger partial charge in [0.1, 0.15) is 10.6 Å². The van der Waals surface area contributed by atoms with Crippen molar-refractivity contribution < 1.29 is 26.3 Å². The van der Waals surface area contributed by atoms with Gasteiger partial charge in [-0.05, 0) is 43.9 Å². The highest BCUT2D eigenvalue weighted by molar-refractivity contribution is 7.89. The van der Waals surface area contributed by atoms with Crippen molar-refractivity contribution >= 4 is 10.0 Å². The third kappa shape index (κ3) is 4.35. The van der Waals surface area contributed by atoms with Crippen molar-refractivity contribution in [2.75, 3.05) is 27.7 Å². The number of sulfonamides is 1. The molecule has 26 heavy (non-hydrogen) atoms. The van der Waals surface area contributed by atoms with E-state index in [2.05, 4.69) is 4.72 Å². The number of benzene rings is 2. The van der Waals surface area contributed by atoms with E-state index >= 15 is 0 Å². The Labute approximate surface area is 150 Å². The van der Waals surface area contributed by atoms with Gasteiger partial charge in [-0.3, -0.25) is 0 Å². The fourth-order valence-electron chi connectivity index (χ4n) is 2.43. The largest absolute Gasteiger partial charge is 0.497 e. The molecule has 0 saturated carbocycles. The monoisotopic (exact) mass is 388 g/mol. The number of likely N-dealkylation sites (N-methyl/N-ethyl adjacent to an activating group) is 1. The zero-order chi connectivity index (χ0) is 19.5. The Bertz CT molecular complexity index is 889. The molecular weight excluding hydrogens is 369 g/mol. The summed E-state index contributed by atoms with van der Waals surface area (Å²) < 4.78 is 72.2. The lowest BCUT2D eigenvalue weighted by molar-refractivity contribution is 0.298. The third-order valence-electron chi connectivity index (χ3n) is 3.86. The van der Waals surface area contributed by atoms with Crippen LogP contribution in [0.5, 0.6) is 5.75 Å². The molecule has 0 aromatic heterocycles. The molecule has 2 rings (SSSR count). The lowest BCUT2D eigenvalue weighted by Gasteiger charge is -2.25. The fraction of sp³-hybridized carbons (Fsp3) is 0.294. The molecule has 2 aromatic rings. The van der Waals surface area contributed by atoms with Gasteiger partial charge in [0.2, 0.25) is 10.0 Å². The van der Waals surface area contributed by atoms with Crippen LogP contribution in [0.15, 0.2) is 41.3 Å². The molecule has 1 unspecified atom stereocenters. The first kappa shape index (κ1) is 20.2. The van der Waals surface area contributed by atoms with E-state index in [0.717, 1.165) is 5.56 Å². The highest BCUT2D eigenvalue weighted by Gasteiger charge is 2.25. The van der Waals surface area contributed by atoms with E-state index in [4.69, 9.17) is 4.74 Å². The molecule has 142 valence electrons. The lowest BCUT2D eigenvalue weighted by atomic mass is 10.1. The van der Waals surface area contributed by atoms with Crippen LogP contribution in [0.3, 0.4) is 0 Å². The molecule has 5 nitrogen and oxygen atoms in total. The Morgan fingerprint density at radius 3 is 2.42 bits per heavy atom. The van der Waals surface area contributed by atoms with Crippen molar-refractivity contribution in [1.82, 2.24) is 9.62 Å². The van der Waals surface area contributed by atoms with Crippen molar-refractivity contribution in [2.24, 2.45) is 0 Å². The molecule has 1 atom stereocenters. The number of halogens is 3. The molecule has 0 saturated heterocycles. The van der Waals surface area contributed by atoms with E-state index < -0.39 is 38.4 Å². The normalized spacial score (nSPS) is 13.0. The summed E-state index contributed by atoms with van der Waals surface area (Å²) in [6.45, 7) is -0.110. The number of hydrogen-bond donors (Lipinski definition) is 1. The average Bonchev–Trinajstić information content (AvgIpc) is 2.59. The molecule has 2 aromatic carbocycles. The molecule has 0 aliphatic heterocycles. The smallest absolute Gasteiger partial charge is 0.243 e. The predicted octanol–water partition coefficient (Wildman–Crippen LogP) is 2.69. The van der Waals surface area contributed by atoms with Gasteiger partial charge in [-0.15, -0.1) is 0 Å². The summed E-state index contributed by atoms with van der Waals surface area (Å²) in [5.74, 6) is -4.43. The predicted molar refractivity (Wildman–Crippen MR) is 90.9 cm³/mol.